The van der Waals surface area contributed by atoms with Gasteiger partial charge in [0.1, 0.15) is 0 Å². The van der Waals surface area contributed by atoms with E-state index in [1.165, 1.54) is 77.5 Å². The molecule has 0 aliphatic carbocycles. The normalized spacial score (nSPS) is 11.1. The third-order valence-electron chi connectivity index (χ3n) is 11.3. The molecule has 10 aromatic rings. The zero-order valence-electron chi connectivity index (χ0n) is 32.6. The van der Waals surface area contributed by atoms with Crippen LogP contribution < -0.4 is 4.90 Å². The van der Waals surface area contributed by atoms with Gasteiger partial charge in [-0.2, -0.15) is 0 Å². The molecule has 0 heterocycles. The Labute approximate surface area is 346 Å². The first-order chi connectivity index (χ1) is 29.2. The number of rotatable bonds is 9. The highest BCUT2D eigenvalue weighted by atomic mass is 15.1. The summed E-state index contributed by atoms with van der Waals surface area (Å²) in [5.74, 6) is 0. The van der Waals surface area contributed by atoms with Crippen LogP contribution in [0, 0.1) is 0 Å². The molecular weight excluding hydrogens is 711 g/mol. The Morgan fingerprint density at radius 1 is 0.203 bits per heavy atom. The second kappa shape index (κ2) is 16.0. The highest BCUT2D eigenvalue weighted by Gasteiger charge is 2.15. The van der Waals surface area contributed by atoms with E-state index in [0.717, 1.165) is 17.1 Å². The number of fused-ring (bicyclic) bond motifs is 1. The molecule has 278 valence electrons. The Hall–Kier alpha value is -7.74. The highest BCUT2D eigenvalue weighted by molar-refractivity contribution is 5.97. The van der Waals surface area contributed by atoms with Gasteiger partial charge in [-0.3, -0.25) is 0 Å². The molecule has 0 aromatic heterocycles. The lowest BCUT2D eigenvalue weighted by Crippen LogP contribution is -2.10. The van der Waals surface area contributed by atoms with Crippen molar-refractivity contribution in [3.05, 3.63) is 249 Å². The average molecular weight is 752 g/mol. The van der Waals surface area contributed by atoms with Crippen LogP contribution >= 0.6 is 0 Å². The summed E-state index contributed by atoms with van der Waals surface area (Å²) in [6.07, 6.45) is 0. The van der Waals surface area contributed by atoms with E-state index >= 15 is 0 Å². The van der Waals surface area contributed by atoms with Gasteiger partial charge >= 0.3 is 0 Å². The number of hydrogen-bond donors (Lipinski definition) is 0. The monoisotopic (exact) mass is 751 g/mol. The molecule has 0 aliphatic rings. The van der Waals surface area contributed by atoms with Gasteiger partial charge < -0.3 is 4.90 Å². The SMILES string of the molecule is c1ccc(-c2ccc(-c3ccc(N(c4ccc(-c5cccc(-c6cccc7ccccc67)c5)cc4)c4cccc(-c5cccc(-c6ccccc6)c5)c4)cc3)cc2)cc1. The maximum absolute atomic E-state index is 2.36. The molecule has 1 heteroatoms. The van der Waals surface area contributed by atoms with Crippen LogP contribution in [-0.2, 0) is 0 Å². The van der Waals surface area contributed by atoms with Gasteiger partial charge in [-0.25, -0.2) is 0 Å². The van der Waals surface area contributed by atoms with Gasteiger partial charge in [0.05, 0.1) is 0 Å². The second-order valence-electron chi connectivity index (χ2n) is 15.0. The fraction of sp³-hybridized carbons (Fsp3) is 0. The van der Waals surface area contributed by atoms with Crippen LogP contribution in [0.25, 0.3) is 77.5 Å². The smallest absolute Gasteiger partial charge is 0.0467 e. The van der Waals surface area contributed by atoms with Crippen molar-refractivity contribution in [2.75, 3.05) is 4.90 Å². The lowest BCUT2D eigenvalue weighted by molar-refractivity contribution is 1.28. The summed E-state index contributed by atoms with van der Waals surface area (Å²) in [6, 6.07) is 89.8. The van der Waals surface area contributed by atoms with Crippen molar-refractivity contribution < 1.29 is 0 Å². The second-order valence-corrected chi connectivity index (χ2v) is 15.0. The first kappa shape index (κ1) is 35.7. The van der Waals surface area contributed by atoms with E-state index in [1.807, 2.05) is 0 Å². The van der Waals surface area contributed by atoms with Crippen molar-refractivity contribution in [3.8, 4) is 66.8 Å². The molecule has 0 spiro atoms. The molecule has 0 saturated heterocycles. The van der Waals surface area contributed by atoms with Crippen molar-refractivity contribution >= 4 is 27.8 Å². The van der Waals surface area contributed by atoms with Gasteiger partial charge in [0.15, 0.2) is 0 Å². The number of nitrogens with zero attached hydrogens (tertiary/aromatic N) is 1. The molecule has 10 aromatic carbocycles. The summed E-state index contributed by atoms with van der Waals surface area (Å²) in [4.78, 5) is 2.36. The molecule has 1 nitrogen and oxygen atoms in total. The minimum atomic E-state index is 1.09. The van der Waals surface area contributed by atoms with E-state index in [2.05, 4.69) is 254 Å². The van der Waals surface area contributed by atoms with Crippen LogP contribution in [0.1, 0.15) is 0 Å². The fourth-order valence-electron chi connectivity index (χ4n) is 8.22. The summed E-state index contributed by atoms with van der Waals surface area (Å²) in [5, 5.41) is 2.52. The zero-order valence-corrected chi connectivity index (χ0v) is 32.6. The third-order valence-corrected chi connectivity index (χ3v) is 11.3. The predicted molar refractivity (Wildman–Crippen MR) is 251 cm³/mol. The quantitative estimate of drug-likeness (QED) is 0.142. The topological polar surface area (TPSA) is 3.24 Å². The van der Waals surface area contributed by atoms with E-state index in [1.54, 1.807) is 0 Å². The molecule has 0 aliphatic heterocycles. The third kappa shape index (κ3) is 7.46. The Kier molecular flexibility index (Phi) is 9.68. The van der Waals surface area contributed by atoms with E-state index in [-0.39, 0.29) is 0 Å². The van der Waals surface area contributed by atoms with E-state index in [0.29, 0.717) is 0 Å². The van der Waals surface area contributed by atoms with Gasteiger partial charge in [0.25, 0.3) is 0 Å². The van der Waals surface area contributed by atoms with Gasteiger partial charge in [0, 0.05) is 17.1 Å². The van der Waals surface area contributed by atoms with Crippen LogP contribution in [0.2, 0.25) is 0 Å². The van der Waals surface area contributed by atoms with Crippen molar-refractivity contribution in [2.45, 2.75) is 0 Å². The van der Waals surface area contributed by atoms with E-state index < -0.39 is 0 Å². The molecule has 59 heavy (non-hydrogen) atoms. The fourth-order valence-corrected chi connectivity index (χ4v) is 8.22. The standard InChI is InChI=1S/C58H41N/c1-3-13-42(14-4-1)44-27-29-45(30-28-44)46-31-35-54(36-32-46)59(56-24-11-22-52(41-56)51-21-9-19-49(39-51)43-15-5-2-6-16-43)55-37-33-47(34-38-55)50-20-10-23-53(40-50)58-26-12-18-48-17-7-8-25-57(48)58/h1-41H. The summed E-state index contributed by atoms with van der Waals surface area (Å²) < 4.78 is 0. The van der Waals surface area contributed by atoms with Crippen molar-refractivity contribution in [1.82, 2.24) is 0 Å². The minimum Gasteiger partial charge on any atom is -0.310 e. The van der Waals surface area contributed by atoms with Crippen LogP contribution in [0.5, 0.6) is 0 Å². The molecular formula is C58H41N. The maximum atomic E-state index is 2.36. The number of hydrogen-bond acceptors (Lipinski definition) is 1. The highest BCUT2D eigenvalue weighted by Crippen LogP contribution is 2.40. The largest absolute Gasteiger partial charge is 0.310 e. The minimum absolute atomic E-state index is 1.09. The molecule has 0 N–H and O–H groups in total. The maximum Gasteiger partial charge on any atom is 0.0467 e. The summed E-state index contributed by atoms with van der Waals surface area (Å²) in [5.41, 5.74) is 17.7. The molecule has 10 rings (SSSR count). The molecule has 0 unspecified atom stereocenters. The zero-order chi connectivity index (χ0) is 39.4. The lowest BCUT2D eigenvalue weighted by atomic mass is 9.95. The van der Waals surface area contributed by atoms with Gasteiger partial charge in [0.2, 0.25) is 0 Å². The first-order valence-corrected chi connectivity index (χ1v) is 20.2. The summed E-state index contributed by atoms with van der Waals surface area (Å²) in [7, 11) is 0. The number of anilines is 3. The molecule has 0 radical (unpaired) electrons. The molecule has 0 bridgehead atoms. The van der Waals surface area contributed by atoms with Gasteiger partial charge in [-0.1, -0.05) is 200 Å². The van der Waals surface area contributed by atoms with Crippen molar-refractivity contribution in [3.63, 3.8) is 0 Å². The van der Waals surface area contributed by atoms with Gasteiger partial charge in [-0.05, 0) is 126 Å². The Morgan fingerprint density at radius 2 is 0.559 bits per heavy atom. The summed E-state index contributed by atoms with van der Waals surface area (Å²) >= 11 is 0. The molecule has 0 amide bonds. The Morgan fingerprint density at radius 3 is 1.15 bits per heavy atom. The average Bonchev–Trinajstić information content (AvgIpc) is 3.33. The van der Waals surface area contributed by atoms with Crippen LogP contribution in [0.3, 0.4) is 0 Å². The molecule has 0 saturated carbocycles. The lowest BCUT2D eigenvalue weighted by Gasteiger charge is -2.26. The van der Waals surface area contributed by atoms with E-state index in [9.17, 15) is 0 Å². The predicted octanol–water partition coefficient (Wildman–Crippen LogP) is 16.3. The van der Waals surface area contributed by atoms with Crippen LogP contribution in [0.15, 0.2) is 249 Å². The number of benzene rings is 10. The van der Waals surface area contributed by atoms with Crippen molar-refractivity contribution in [1.29, 1.82) is 0 Å². The van der Waals surface area contributed by atoms with Crippen LogP contribution in [0.4, 0.5) is 17.1 Å². The molecule has 0 fully saturated rings. The first-order valence-electron chi connectivity index (χ1n) is 20.2. The molecule has 0 atom stereocenters. The van der Waals surface area contributed by atoms with Crippen LogP contribution in [-0.4, -0.2) is 0 Å². The van der Waals surface area contributed by atoms with Gasteiger partial charge in [-0.15, -0.1) is 0 Å². The Balaban J connectivity index is 1.01. The van der Waals surface area contributed by atoms with Crippen molar-refractivity contribution in [2.24, 2.45) is 0 Å². The van der Waals surface area contributed by atoms with E-state index in [4.69, 9.17) is 0 Å². The summed E-state index contributed by atoms with van der Waals surface area (Å²) in [6.45, 7) is 0. The Bertz CT molecular complexity index is 3000.